The van der Waals surface area contributed by atoms with Crippen molar-refractivity contribution in [2.75, 3.05) is 0 Å². The lowest BCUT2D eigenvalue weighted by Gasteiger charge is -2.20. The van der Waals surface area contributed by atoms with Crippen molar-refractivity contribution < 1.29 is 0 Å². The minimum absolute atomic E-state index is 1.20. The summed E-state index contributed by atoms with van der Waals surface area (Å²) in [5.74, 6) is 0. The van der Waals surface area contributed by atoms with Gasteiger partial charge in [-0.2, -0.15) is 0 Å². The van der Waals surface area contributed by atoms with Crippen LogP contribution in [0.2, 0.25) is 0 Å². The van der Waals surface area contributed by atoms with Gasteiger partial charge in [0.15, 0.2) is 0 Å². The second kappa shape index (κ2) is 13.2. The van der Waals surface area contributed by atoms with Crippen molar-refractivity contribution in [2.45, 2.75) is 0 Å². The average Bonchev–Trinajstić information content (AvgIpc) is 3.28. The Bertz CT molecular complexity index is 3290. The van der Waals surface area contributed by atoms with Crippen LogP contribution in [0.15, 0.2) is 218 Å². The van der Waals surface area contributed by atoms with Gasteiger partial charge in [0, 0.05) is 0 Å². The van der Waals surface area contributed by atoms with Crippen LogP contribution in [0.5, 0.6) is 0 Å². The molecule has 0 nitrogen and oxygen atoms in total. The van der Waals surface area contributed by atoms with Gasteiger partial charge in [-0.25, -0.2) is 0 Å². The molecule has 0 spiro atoms. The van der Waals surface area contributed by atoms with E-state index >= 15 is 0 Å². The molecule has 0 amide bonds. The van der Waals surface area contributed by atoms with Gasteiger partial charge in [0.2, 0.25) is 0 Å². The molecular formula is C56H36. The Morgan fingerprint density at radius 3 is 1.38 bits per heavy atom. The highest BCUT2D eigenvalue weighted by molar-refractivity contribution is 6.22. The van der Waals surface area contributed by atoms with E-state index in [1.807, 2.05) is 0 Å². The van der Waals surface area contributed by atoms with Crippen LogP contribution < -0.4 is 0 Å². The first-order valence-electron chi connectivity index (χ1n) is 19.4. The Morgan fingerprint density at radius 1 is 0.179 bits per heavy atom. The van der Waals surface area contributed by atoms with E-state index in [0.717, 1.165) is 0 Å². The number of hydrogen-bond acceptors (Lipinski definition) is 0. The first-order valence-corrected chi connectivity index (χ1v) is 19.4. The number of hydrogen-bond donors (Lipinski definition) is 0. The van der Waals surface area contributed by atoms with Crippen LogP contribution in [0.25, 0.3) is 109 Å². The predicted octanol–water partition coefficient (Wildman–Crippen LogP) is 15.8. The topological polar surface area (TPSA) is 0 Å². The number of rotatable bonds is 5. The van der Waals surface area contributed by atoms with Crippen molar-refractivity contribution in [3.8, 4) is 55.6 Å². The summed E-state index contributed by atoms with van der Waals surface area (Å²) in [5, 5.41) is 12.5. The van der Waals surface area contributed by atoms with Crippen molar-refractivity contribution >= 4 is 53.9 Å². The number of fused-ring (bicyclic) bond motifs is 6. The minimum Gasteiger partial charge on any atom is -0.0616 e. The molecule has 11 aromatic carbocycles. The quantitative estimate of drug-likeness (QED) is 0.156. The van der Waals surface area contributed by atoms with Gasteiger partial charge < -0.3 is 0 Å². The third kappa shape index (κ3) is 5.46. The van der Waals surface area contributed by atoms with E-state index in [2.05, 4.69) is 218 Å². The summed E-state index contributed by atoms with van der Waals surface area (Å²) >= 11 is 0. The van der Waals surface area contributed by atoms with Gasteiger partial charge in [-0.15, -0.1) is 0 Å². The molecule has 0 radical (unpaired) electrons. The molecule has 0 heterocycles. The maximum absolute atomic E-state index is 2.43. The standard InChI is InChI=1S/C56H36/c1-3-14-42-33-44(29-25-37(42)11-1)39-23-27-41(28-24-39)55-53-21-8-7-20-51(53)52-32-31-46(45-30-26-38-12-2-4-15-43(38)34-45)36-54(52)56(55)48-18-9-17-47(35-48)50-22-10-16-40-13-5-6-19-49(40)50/h1-36H. The van der Waals surface area contributed by atoms with Gasteiger partial charge >= 0.3 is 0 Å². The number of benzene rings is 11. The van der Waals surface area contributed by atoms with Gasteiger partial charge in [0.05, 0.1) is 0 Å². The molecule has 0 unspecified atom stereocenters. The largest absolute Gasteiger partial charge is 0.0616 e. The van der Waals surface area contributed by atoms with Crippen LogP contribution in [0.3, 0.4) is 0 Å². The van der Waals surface area contributed by atoms with Crippen LogP contribution in [0.4, 0.5) is 0 Å². The Labute approximate surface area is 326 Å². The first kappa shape index (κ1) is 32.2. The van der Waals surface area contributed by atoms with Gasteiger partial charge in [0.1, 0.15) is 0 Å². The Kier molecular flexibility index (Phi) is 7.60. The summed E-state index contributed by atoms with van der Waals surface area (Å²) in [5.41, 5.74) is 12.2. The highest BCUT2D eigenvalue weighted by atomic mass is 14.2. The second-order valence-corrected chi connectivity index (χ2v) is 14.9. The zero-order valence-electron chi connectivity index (χ0n) is 30.8. The predicted molar refractivity (Wildman–Crippen MR) is 241 cm³/mol. The minimum atomic E-state index is 1.20. The van der Waals surface area contributed by atoms with E-state index in [1.54, 1.807) is 0 Å². The SMILES string of the molecule is c1cc(-c2cccc3ccccc23)cc(-c2c(-c3ccc(-c4ccc5ccccc5c4)cc3)c3ccccc3c3ccc(-c4ccc5ccccc5c4)cc23)c1. The molecule has 0 N–H and O–H groups in total. The normalized spacial score (nSPS) is 11.6. The molecule has 0 aliphatic heterocycles. The first-order chi connectivity index (χ1) is 27.7. The fraction of sp³-hybridized carbons (Fsp3) is 0. The van der Waals surface area contributed by atoms with E-state index in [-0.39, 0.29) is 0 Å². The van der Waals surface area contributed by atoms with Crippen LogP contribution in [0, 0.1) is 0 Å². The molecule has 0 atom stereocenters. The molecule has 260 valence electrons. The van der Waals surface area contributed by atoms with Gasteiger partial charge in [0.25, 0.3) is 0 Å². The van der Waals surface area contributed by atoms with Crippen LogP contribution in [-0.4, -0.2) is 0 Å². The molecular weight excluding hydrogens is 673 g/mol. The fourth-order valence-corrected chi connectivity index (χ4v) is 8.86. The second-order valence-electron chi connectivity index (χ2n) is 14.9. The Morgan fingerprint density at radius 2 is 0.643 bits per heavy atom. The van der Waals surface area contributed by atoms with E-state index in [4.69, 9.17) is 0 Å². The van der Waals surface area contributed by atoms with E-state index in [0.29, 0.717) is 0 Å². The average molecular weight is 709 g/mol. The van der Waals surface area contributed by atoms with E-state index in [1.165, 1.54) is 109 Å². The summed E-state index contributed by atoms with van der Waals surface area (Å²) in [4.78, 5) is 0. The summed E-state index contributed by atoms with van der Waals surface area (Å²) in [6.07, 6.45) is 0. The lowest BCUT2D eigenvalue weighted by molar-refractivity contribution is 1.60. The monoisotopic (exact) mass is 708 g/mol. The van der Waals surface area contributed by atoms with Crippen molar-refractivity contribution in [1.29, 1.82) is 0 Å². The van der Waals surface area contributed by atoms with Crippen LogP contribution in [0.1, 0.15) is 0 Å². The summed E-state index contributed by atoms with van der Waals surface area (Å²) in [6.45, 7) is 0. The lowest BCUT2D eigenvalue weighted by atomic mass is 9.83. The highest BCUT2D eigenvalue weighted by Crippen LogP contribution is 2.47. The molecule has 0 saturated heterocycles. The highest BCUT2D eigenvalue weighted by Gasteiger charge is 2.19. The van der Waals surface area contributed by atoms with Gasteiger partial charge in [-0.3, -0.25) is 0 Å². The molecule has 0 aliphatic rings. The van der Waals surface area contributed by atoms with Gasteiger partial charge in [-0.05, 0) is 134 Å². The molecule has 0 heteroatoms. The van der Waals surface area contributed by atoms with Crippen molar-refractivity contribution in [3.63, 3.8) is 0 Å². The zero-order chi connectivity index (χ0) is 37.0. The zero-order valence-corrected chi connectivity index (χ0v) is 30.8. The van der Waals surface area contributed by atoms with Crippen molar-refractivity contribution in [2.24, 2.45) is 0 Å². The van der Waals surface area contributed by atoms with Crippen molar-refractivity contribution in [3.05, 3.63) is 218 Å². The molecule has 0 fully saturated rings. The summed E-state index contributed by atoms with van der Waals surface area (Å²) < 4.78 is 0. The fourth-order valence-electron chi connectivity index (χ4n) is 8.86. The van der Waals surface area contributed by atoms with Gasteiger partial charge in [-0.1, -0.05) is 194 Å². The molecule has 11 rings (SSSR count). The maximum atomic E-state index is 2.43. The summed E-state index contributed by atoms with van der Waals surface area (Å²) in [6, 6.07) is 80.6. The third-order valence-corrected chi connectivity index (χ3v) is 11.6. The molecule has 0 aromatic heterocycles. The smallest absolute Gasteiger partial charge is 0.00199 e. The Hall–Kier alpha value is -7.28. The van der Waals surface area contributed by atoms with E-state index < -0.39 is 0 Å². The Balaban J connectivity index is 1.17. The molecule has 0 bridgehead atoms. The molecule has 11 aromatic rings. The molecule has 56 heavy (non-hydrogen) atoms. The van der Waals surface area contributed by atoms with Crippen molar-refractivity contribution in [1.82, 2.24) is 0 Å². The lowest BCUT2D eigenvalue weighted by Crippen LogP contribution is -1.93. The summed E-state index contributed by atoms with van der Waals surface area (Å²) in [7, 11) is 0. The van der Waals surface area contributed by atoms with Crippen LogP contribution in [-0.2, 0) is 0 Å². The maximum Gasteiger partial charge on any atom is -0.00199 e. The van der Waals surface area contributed by atoms with E-state index in [9.17, 15) is 0 Å². The molecule has 0 aliphatic carbocycles. The molecule has 0 saturated carbocycles. The van der Waals surface area contributed by atoms with Crippen LogP contribution >= 0.6 is 0 Å². The third-order valence-electron chi connectivity index (χ3n) is 11.6.